The molecule has 0 radical (unpaired) electrons. The summed E-state index contributed by atoms with van der Waals surface area (Å²) in [5, 5.41) is 0. The first-order chi connectivity index (χ1) is 13.7. The Kier molecular flexibility index (Phi) is 6.55. The van der Waals surface area contributed by atoms with Crippen LogP contribution in [-0.4, -0.2) is 55.1 Å². The van der Waals surface area contributed by atoms with E-state index in [0.717, 1.165) is 41.3 Å². The largest absolute Gasteiger partial charge is 0.468 e. The molecule has 158 valence electrons. The lowest BCUT2D eigenvalue weighted by Crippen LogP contribution is -2.47. The zero-order chi connectivity index (χ0) is 21.2. The van der Waals surface area contributed by atoms with Crippen LogP contribution in [-0.2, 0) is 37.3 Å². The molecule has 0 bridgehead atoms. The highest BCUT2D eigenvalue weighted by atomic mass is 32.2. The van der Waals surface area contributed by atoms with Gasteiger partial charge in [-0.1, -0.05) is 30.7 Å². The summed E-state index contributed by atoms with van der Waals surface area (Å²) in [6.45, 7) is 2.29. The number of nitrogens with zero attached hydrogens (tertiary/aromatic N) is 3. The van der Waals surface area contributed by atoms with E-state index in [4.69, 9.17) is 4.74 Å². The standard InChI is InChI=1S/C19H25N3O5S2/c1-4-13-8-9-14-16(11-13)28-19(21(14)12-17(23)27-2)20-18(24)15-7-5-6-10-22(15)29(3,25)26/h8-9,11,15H,4-7,10,12H2,1-3H3. The Morgan fingerprint density at radius 3 is 2.72 bits per heavy atom. The van der Waals surface area contributed by atoms with Gasteiger partial charge in [-0.15, -0.1) is 0 Å². The van der Waals surface area contributed by atoms with Gasteiger partial charge >= 0.3 is 5.97 Å². The average molecular weight is 440 g/mol. The van der Waals surface area contributed by atoms with Crippen LogP contribution in [0, 0.1) is 0 Å². The number of esters is 1. The summed E-state index contributed by atoms with van der Waals surface area (Å²) in [6.07, 6.45) is 3.91. The maximum absolute atomic E-state index is 12.9. The van der Waals surface area contributed by atoms with Gasteiger partial charge in [0.05, 0.1) is 23.6 Å². The van der Waals surface area contributed by atoms with E-state index >= 15 is 0 Å². The summed E-state index contributed by atoms with van der Waals surface area (Å²) in [4.78, 5) is 29.5. The SMILES string of the molecule is CCc1ccc2c(c1)sc(=NC(=O)C1CCCCN1S(C)(=O)=O)n2CC(=O)OC. The first-order valence-corrected chi connectivity index (χ1v) is 12.2. The molecule has 0 spiro atoms. The van der Waals surface area contributed by atoms with Crippen LogP contribution in [0.5, 0.6) is 0 Å². The van der Waals surface area contributed by atoms with E-state index in [0.29, 0.717) is 17.8 Å². The fourth-order valence-electron chi connectivity index (χ4n) is 3.49. The van der Waals surface area contributed by atoms with Crippen molar-refractivity contribution in [1.29, 1.82) is 0 Å². The molecule has 1 aliphatic rings. The lowest BCUT2D eigenvalue weighted by atomic mass is 10.0. The second-order valence-corrected chi connectivity index (χ2v) is 9.98. The number of carbonyl (C=O) groups excluding carboxylic acids is 2. The van der Waals surface area contributed by atoms with E-state index in [1.165, 1.54) is 22.8 Å². The monoisotopic (exact) mass is 439 g/mol. The van der Waals surface area contributed by atoms with Gasteiger partial charge in [0.25, 0.3) is 5.91 Å². The zero-order valence-corrected chi connectivity index (χ0v) is 18.4. The van der Waals surface area contributed by atoms with E-state index in [1.54, 1.807) is 4.57 Å². The number of benzene rings is 1. The molecule has 1 fully saturated rings. The highest BCUT2D eigenvalue weighted by Gasteiger charge is 2.34. The lowest BCUT2D eigenvalue weighted by Gasteiger charge is -2.31. The van der Waals surface area contributed by atoms with Crippen molar-refractivity contribution in [3.63, 3.8) is 0 Å². The zero-order valence-electron chi connectivity index (χ0n) is 16.8. The Labute approximate surface area is 173 Å². The average Bonchev–Trinajstić information content (AvgIpc) is 3.03. The molecular weight excluding hydrogens is 414 g/mol. The van der Waals surface area contributed by atoms with Gasteiger partial charge in [0, 0.05) is 6.54 Å². The number of amides is 1. The number of hydrogen-bond acceptors (Lipinski definition) is 6. The molecular formula is C19H25N3O5S2. The van der Waals surface area contributed by atoms with Gasteiger partial charge in [-0.2, -0.15) is 9.30 Å². The second kappa shape index (κ2) is 8.76. The Bertz CT molecular complexity index is 1100. The maximum Gasteiger partial charge on any atom is 0.325 e. The molecule has 8 nitrogen and oxygen atoms in total. The van der Waals surface area contributed by atoms with Crippen LogP contribution in [0.4, 0.5) is 0 Å². The molecule has 1 aliphatic heterocycles. The number of piperidine rings is 1. The summed E-state index contributed by atoms with van der Waals surface area (Å²) in [5.74, 6) is -0.954. The van der Waals surface area contributed by atoms with E-state index in [1.807, 2.05) is 18.2 Å². The third-order valence-corrected chi connectivity index (χ3v) is 7.37. The molecule has 2 aromatic rings. The van der Waals surface area contributed by atoms with Crippen molar-refractivity contribution in [2.75, 3.05) is 19.9 Å². The van der Waals surface area contributed by atoms with E-state index in [9.17, 15) is 18.0 Å². The maximum atomic E-state index is 12.9. The van der Waals surface area contributed by atoms with Gasteiger partial charge < -0.3 is 9.30 Å². The Morgan fingerprint density at radius 2 is 2.07 bits per heavy atom. The number of thiazole rings is 1. The minimum Gasteiger partial charge on any atom is -0.468 e. The molecule has 1 aromatic heterocycles. The molecule has 0 N–H and O–H groups in total. The number of hydrogen-bond donors (Lipinski definition) is 0. The minimum absolute atomic E-state index is 0.0749. The minimum atomic E-state index is -3.50. The van der Waals surface area contributed by atoms with Crippen molar-refractivity contribution in [3.05, 3.63) is 28.6 Å². The molecule has 2 heterocycles. The van der Waals surface area contributed by atoms with Gasteiger partial charge in [0.1, 0.15) is 12.6 Å². The van der Waals surface area contributed by atoms with Crippen molar-refractivity contribution >= 4 is 43.5 Å². The quantitative estimate of drug-likeness (QED) is 0.660. The highest BCUT2D eigenvalue weighted by molar-refractivity contribution is 7.88. The first kappa shape index (κ1) is 21.7. The molecule has 1 amide bonds. The third kappa shape index (κ3) is 4.76. The van der Waals surface area contributed by atoms with E-state index in [-0.39, 0.29) is 6.54 Å². The number of sulfonamides is 1. The topological polar surface area (TPSA) is 98.0 Å². The van der Waals surface area contributed by atoms with E-state index in [2.05, 4.69) is 11.9 Å². The number of aryl methyl sites for hydroxylation is 1. The van der Waals surface area contributed by atoms with Crippen LogP contribution in [0.15, 0.2) is 23.2 Å². The highest BCUT2D eigenvalue weighted by Crippen LogP contribution is 2.22. The Balaban J connectivity index is 2.08. The fraction of sp³-hybridized carbons (Fsp3) is 0.526. The second-order valence-electron chi connectivity index (χ2n) is 7.04. The van der Waals surface area contributed by atoms with E-state index < -0.39 is 27.9 Å². The molecule has 29 heavy (non-hydrogen) atoms. The van der Waals surface area contributed by atoms with Crippen molar-refractivity contribution in [2.45, 2.75) is 45.2 Å². The van der Waals surface area contributed by atoms with Crippen LogP contribution in [0.25, 0.3) is 10.2 Å². The number of aromatic nitrogens is 1. The van der Waals surface area contributed by atoms with Crippen LogP contribution in [0.3, 0.4) is 0 Å². The number of carbonyl (C=O) groups is 2. The molecule has 0 aliphatic carbocycles. The van der Waals surface area contributed by atoms with Gasteiger partial charge in [-0.3, -0.25) is 9.59 Å². The van der Waals surface area contributed by atoms with Crippen LogP contribution in [0.2, 0.25) is 0 Å². The van der Waals surface area contributed by atoms with Crippen molar-refractivity contribution < 1.29 is 22.7 Å². The summed E-state index contributed by atoms with van der Waals surface area (Å²) in [6, 6.07) is 5.09. The predicted molar refractivity (Wildman–Crippen MR) is 111 cm³/mol. The molecule has 1 saturated heterocycles. The number of methoxy groups -OCH3 is 1. The molecule has 1 atom stereocenters. The van der Waals surface area contributed by atoms with Crippen LogP contribution in [0.1, 0.15) is 31.7 Å². The third-order valence-electron chi connectivity index (χ3n) is 5.04. The van der Waals surface area contributed by atoms with Crippen molar-refractivity contribution in [1.82, 2.24) is 8.87 Å². The Hall–Kier alpha value is -2.04. The molecule has 3 rings (SSSR count). The first-order valence-electron chi connectivity index (χ1n) is 9.49. The van der Waals surface area contributed by atoms with Crippen molar-refractivity contribution in [3.8, 4) is 0 Å². The van der Waals surface area contributed by atoms with Gasteiger partial charge in [-0.25, -0.2) is 8.42 Å². The number of rotatable bonds is 5. The van der Waals surface area contributed by atoms with Gasteiger partial charge in [0.2, 0.25) is 10.0 Å². The predicted octanol–water partition coefficient (Wildman–Crippen LogP) is 1.68. The molecule has 10 heteroatoms. The summed E-state index contributed by atoms with van der Waals surface area (Å²) < 4.78 is 32.7. The fourth-order valence-corrected chi connectivity index (χ4v) is 5.70. The van der Waals surface area contributed by atoms with Crippen molar-refractivity contribution in [2.24, 2.45) is 4.99 Å². The smallest absolute Gasteiger partial charge is 0.325 e. The van der Waals surface area contributed by atoms with Crippen LogP contribution < -0.4 is 4.80 Å². The molecule has 1 unspecified atom stereocenters. The summed E-state index contributed by atoms with van der Waals surface area (Å²) in [7, 11) is -2.20. The van der Waals surface area contributed by atoms with Gasteiger partial charge in [0.15, 0.2) is 4.80 Å². The number of ether oxygens (including phenoxy) is 1. The van der Waals surface area contributed by atoms with Gasteiger partial charge in [-0.05, 0) is 37.0 Å². The summed E-state index contributed by atoms with van der Waals surface area (Å²) in [5.41, 5.74) is 1.92. The normalized spacial score (nSPS) is 18.9. The molecule has 1 aromatic carbocycles. The summed E-state index contributed by atoms with van der Waals surface area (Å²) >= 11 is 1.31. The van der Waals surface area contributed by atoms with Crippen LogP contribution >= 0.6 is 11.3 Å². The Morgan fingerprint density at radius 1 is 1.31 bits per heavy atom. The molecule has 0 saturated carbocycles. The lowest BCUT2D eigenvalue weighted by molar-refractivity contribution is -0.141. The number of fused-ring (bicyclic) bond motifs is 1.